The van der Waals surface area contributed by atoms with E-state index in [4.69, 9.17) is 9.57 Å². The van der Waals surface area contributed by atoms with Gasteiger partial charge >= 0.3 is 0 Å². The molecule has 0 bridgehead atoms. The molecule has 1 rings (SSSR count). The molecule has 1 amide bonds. The predicted octanol–water partition coefficient (Wildman–Crippen LogP) is -0.662. The first-order valence-corrected chi connectivity index (χ1v) is 4.35. The highest BCUT2D eigenvalue weighted by atomic mass is 16.7. The minimum absolute atomic E-state index is 0.0237. The summed E-state index contributed by atoms with van der Waals surface area (Å²) in [5, 5.41) is 1.25. The highest BCUT2D eigenvalue weighted by Gasteiger charge is 2.16. The number of hydrogen-bond donors (Lipinski definition) is 0. The van der Waals surface area contributed by atoms with E-state index in [9.17, 15) is 4.79 Å². The Morgan fingerprint density at radius 2 is 2.15 bits per heavy atom. The Labute approximate surface area is 78.2 Å². The van der Waals surface area contributed by atoms with Gasteiger partial charge < -0.3 is 4.74 Å². The van der Waals surface area contributed by atoms with Gasteiger partial charge in [0.2, 0.25) is 0 Å². The number of hydrogen-bond acceptors (Lipinski definition) is 4. The van der Waals surface area contributed by atoms with Gasteiger partial charge in [0.15, 0.2) is 0 Å². The predicted molar refractivity (Wildman–Crippen MR) is 47.0 cm³/mol. The molecule has 0 radical (unpaired) electrons. The molecule has 0 aromatic carbocycles. The van der Waals surface area contributed by atoms with Crippen LogP contribution < -0.4 is 0 Å². The molecule has 1 saturated heterocycles. The lowest BCUT2D eigenvalue weighted by molar-refractivity contribution is -0.170. The molecule has 0 atom stereocenters. The number of morpholine rings is 1. The van der Waals surface area contributed by atoms with E-state index < -0.39 is 0 Å². The second-order valence-corrected chi connectivity index (χ2v) is 2.96. The third-order valence-corrected chi connectivity index (χ3v) is 2.09. The fourth-order valence-electron chi connectivity index (χ4n) is 1.15. The van der Waals surface area contributed by atoms with E-state index in [1.54, 1.807) is 7.05 Å². The summed E-state index contributed by atoms with van der Waals surface area (Å²) in [5.41, 5.74) is 0. The molecule has 0 unspecified atom stereocenters. The fourth-order valence-corrected chi connectivity index (χ4v) is 1.15. The molecule has 1 aliphatic heterocycles. The van der Waals surface area contributed by atoms with E-state index in [0.717, 1.165) is 13.1 Å². The SMILES string of the molecule is CON(C)C(=O)CN1CCOCC1. The van der Waals surface area contributed by atoms with Gasteiger partial charge in [-0.25, -0.2) is 5.06 Å². The van der Waals surface area contributed by atoms with Crippen molar-refractivity contribution in [1.29, 1.82) is 0 Å². The number of amides is 1. The zero-order chi connectivity index (χ0) is 9.68. The Morgan fingerprint density at radius 3 is 2.69 bits per heavy atom. The first kappa shape index (κ1) is 10.4. The number of carbonyl (C=O) groups excluding carboxylic acids is 1. The van der Waals surface area contributed by atoms with E-state index in [0.29, 0.717) is 19.8 Å². The van der Waals surface area contributed by atoms with Crippen LogP contribution in [-0.4, -0.2) is 62.9 Å². The first-order valence-electron chi connectivity index (χ1n) is 4.35. The number of likely N-dealkylation sites (N-methyl/N-ethyl adjacent to an activating group) is 1. The molecule has 0 aromatic heterocycles. The van der Waals surface area contributed by atoms with E-state index >= 15 is 0 Å². The van der Waals surface area contributed by atoms with Gasteiger partial charge in [0, 0.05) is 20.1 Å². The summed E-state index contributed by atoms with van der Waals surface area (Å²) in [6.07, 6.45) is 0. The van der Waals surface area contributed by atoms with Gasteiger partial charge in [-0.05, 0) is 0 Å². The van der Waals surface area contributed by atoms with Crippen LogP contribution in [0.5, 0.6) is 0 Å². The van der Waals surface area contributed by atoms with Crippen molar-refractivity contribution < 1.29 is 14.4 Å². The van der Waals surface area contributed by atoms with Crippen molar-refractivity contribution in [3.8, 4) is 0 Å². The summed E-state index contributed by atoms with van der Waals surface area (Å²) in [5.74, 6) is -0.0237. The molecule has 0 saturated carbocycles. The standard InChI is InChI=1S/C8H16N2O3/c1-9(12-2)8(11)7-10-3-5-13-6-4-10/h3-7H2,1-2H3. The van der Waals surface area contributed by atoms with Crippen molar-refractivity contribution >= 4 is 5.91 Å². The molecule has 0 aromatic rings. The van der Waals surface area contributed by atoms with E-state index in [2.05, 4.69) is 4.90 Å². The topological polar surface area (TPSA) is 42.0 Å². The van der Waals surface area contributed by atoms with Crippen LogP contribution in [0.25, 0.3) is 0 Å². The molecule has 0 N–H and O–H groups in total. The smallest absolute Gasteiger partial charge is 0.259 e. The molecule has 0 spiro atoms. The molecular weight excluding hydrogens is 172 g/mol. The Kier molecular flexibility index (Phi) is 4.14. The summed E-state index contributed by atoms with van der Waals surface area (Å²) in [6, 6.07) is 0. The van der Waals surface area contributed by atoms with Crippen LogP contribution in [0.15, 0.2) is 0 Å². The summed E-state index contributed by atoms with van der Waals surface area (Å²) in [4.78, 5) is 18.2. The minimum Gasteiger partial charge on any atom is -0.379 e. The van der Waals surface area contributed by atoms with Gasteiger partial charge in [-0.3, -0.25) is 14.5 Å². The number of carbonyl (C=O) groups is 1. The Bertz CT molecular complexity index is 169. The first-order chi connectivity index (χ1) is 6.24. The average molecular weight is 188 g/mol. The Hall–Kier alpha value is -0.650. The van der Waals surface area contributed by atoms with Gasteiger partial charge in [0.05, 0.1) is 26.9 Å². The van der Waals surface area contributed by atoms with Crippen molar-refractivity contribution in [3.05, 3.63) is 0 Å². The van der Waals surface area contributed by atoms with Crippen molar-refractivity contribution in [2.75, 3.05) is 47.0 Å². The maximum Gasteiger partial charge on any atom is 0.259 e. The lowest BCUT2D eigenvalue weighted by Crippen LogP contribution is -2.43. The van der Waals surface area contributed by atoms with Crippen LogP contribution in [0, 0.1) is 0 Å². The molecule has 5 heteroatoms. The minimum atomic E-state index is -0.0237. The number of hydroxylamine groups is 2. The zero-order valence-electron chi connectivity index (χ0n) is 8.15. The Morgan fingerprint density at radius 1 is 1.54 bits per heavy atom. The van der Waals surface area contributed by atoms with E-state index in [1.807, 2.05) is 0 Å². The van der Waals surface area contributed by atoms with Crippen LogP contribution in [0.2, 0.25) is 0 Å². The number of nitrogens with zero attached hydrogens (tertiary/aromatic N) is 2. The van der Waals surface area contributed by atoms with Crippen LogP contribution >= 0.6 is 0 Å². The largest absolute Gasteiger partial charge is 0.379 e. The van der Waals surface area contributed by atoms with Crippen molar-refractivity contribution in [2.45, 2.75) is 0 Å². The van der Waals surface area contributed by atoms with Gasteiger partial charge in [-0.2, -0.15) is 0 Å². The lowest BCUT2D eigenvalue weighted by Gasteiger charge is -2.27. The van der Waals surface area contributed by atoms with Gasteiger partial charge in [-0.1, -0.05) is 0 Å². The third kappa shape index (κ3) is 3.30. The van der Waals surface area contributed by atoms with Crippen molar-refractivity contribution in [2.24, 2.45) is 0 Å². The van der Waals surface area contributed by atoms with Crippen LogP contribution in [0.3, 0.4) is 0 Å². The van der Waals surface area contributed by atoms with E-state index in [1.165, 1.54) is 12.2 Å². The quantitative estimate of drug-likeness (QED) is 0.551. The van der Waals surface area contributed by atoms with Gasteiger partial charge in [-0.15, -0.1) is 0 Å². The second kappa shape index (κ2) is 5.16. The number of ether oxygens (including phenoxy) is 1. The van der Waals surface area contributed by atoms with Crippen molar-refractivity contribution in [3.63, 3.8) is 0 Å². The summed E-state index contributed by atoms with van der Waals surface area (Å²) in [7, 11) is 3.10. The number of rotatable bonds is 3. The summed E-state index contributed by atoms with van der Waals surface area (Å²) < 4.78 is 5.17. The second-order valence-electron chi connectivity index (χ2n) is 2.96. The van der Waals surface area contributed by atoms with Crippen LogP contribution in [0.4, 0.5) is 0 Å². The molecule has 0 aliphatic carbocycles. The molecule has 1 aliphatic rings. The molecule has 5 nitrogen and oxygen atoms in total. The van der Waals surface area contributed by atoms with Gasteiger partial charge in [0.25, 0.3) is 5.91 Å². The molecule has 1 fully saturated rings. The fraction of sp³-hybridized carbons (Fsp3) is 0.875. The molecule has 13 heavy (non-hydrogen) atoms. The monoisotopic (exact) mass is 188 g/mol. The van der Waals surface area contributed by atoms with Crippen molar-refractivity contribution in [1.82, 2.24) is 9.96 Å². The Balaban J connectivity index is 2.26. The maximum absolute atomic E-state index is 11.4. The molecule has 1 heterocycles. The van der Waals surface area contributed by atoms with E-state index in [-0.39, 0.29) is 5.91 Å². The van der Waals surface area contributed by atoms with Crippen LogP contribution in [0.1, 0.15) is 0 Å². The zero-order valence-corrected chi connectivity index (χ0v) is 8.15. The highest BCUT2D eigenvalue weighted by Crippen LogP contribution is 1.97. The molecular formula is C8H16N2O3. The average Bonchev–Trinajstić information content (AvgIpc) is 2.18. The summed E-state index contributed by atoms with van der Waals surface area (Å²) >= 11 is 0. The molecule has 76 valence electrons. The highest BCUT2D eigenvalue weighted by molar-refractivity contribution is 5.76. The maximum atomic E-state index is 11.4. The third-order valence-electron chi connectivity index (χ3n) is 2.09. The van der Waals surface area contributed by atoms with Crippen LogP contribution in [-0.2, 0) is 14.4 Å². The normalized spacial score (nSPS) is 18.6. The lowest BCUT2D eigenvalue weighted by atomic mass is 10.4. The van der Waals surface area contributed by atoms with Gasteiger partial charge in [0.1, 0.15) is 0 Å². The summed E-state index contributed by atoms with van der Waals surface area (Å²) in [6.45, 7) is 3.48.